The van der Waals surface area contributed by atoms with Crippen molar-refractivity contribution in [1.29, 1.82) is 0 Å². The minimum Gasteiger partial charge on any atom is -0.444 e. The number of amides is 1. The van der Waals surface area contributed by atoms with E-state index in [-0.39, 0.29) is 6.04 Å². The van der Waals surface area contributed by atoms with E-state index in [1.807, 2.05) is 0 Å². The molecule has 1 rings (SSSR count). The molecule has 1 fully saturated rings. The fourth-order valence-electron chi connectivity index (χ4n) is 2.86. The van der Waals surface area contributed by atoms with Crippen molar-refractivity contribution in [2.24, 2.45) is 5.92 Å². The molecule has 0 radical (unpaired) electrons. The first-order valence-electron chi connectivity index (χ1n) is 8.69. The average Bonchev–Trinajstić information content (AvgIpc) is 2.66. The molecule has 1 aliphatic carbocycles. The fraction of sp³-hybridized carbons (Fsp3) is 0.941. The van der Waals surface area contributed by atoms with Crippen molar-refractivity contribution in [3.63, 3.8) is 0 Å². The molecule has 2 unspecified atom stereocenters. The third kappa shape index (κ3) is 9.08. The van der Waals surface area contributed by atoms with Gasteiger partial charge in [-0.15, -0.1) is 0 Å². The molecule has 0 saturated heterocycles. The second-order valence-corrected chi connectivity index (χ2v) is 7.57. The predicted octanol–water partition coefficient (Wildman–Crippen LogP) is 4.09. The van der Waals surface area contributed by atoms with E-state index in [0.717, 1.165) is 31.6 Å². The van der Waals surface area contributed by atoms with E-state index in [0.29, 0.717) is 0 Å². The molecule has 0 aromatic rings. The minimum atomic E-state index is -2.98. The molecule has 6 heteroatoms. The summed E-state index contributed by atoms with van der Waals surface area (Å²) >= 11 is 0. The van der Waals surface area contributed by atoms with E-state index in [4.69, 9.17) is 4.74 Å². The SMILES string of the molecule is CCC1CCCC(NCC(F)(F)CNC(=O)OC(C)(C)C)CC1. The Bertz CT molecular complexity index is 370. The highest BCUT2D eigenvalue weighted by Gasteiger charge is 2.31. The smallest absolute Gasteiger partial charge is 0.407 e. The van der Waals surface area contributed by atoms with Crippen molar-refractivity contribution in [2.75, 3.05) is 13.1 Å². The number of hydrogen-bond donors (Lipinski definition) is 2. The average molecular weight is 334 g/mol. The summed E-state index contributed by atoms with van der Waals surface area (Å²) < 4.78 is 32.7. The molecule has 0 aromatic carbocycles. The van der Waals surface area contributed by atoms with Gasteiger partial charge in [0.15, 0.2) is 0 Å². The van der Waals surface area contributed by atoms with Crippen LogP contribution in [0.15, 0.2) is 0 Å². The Morgan fingerprint density at radius 1 is 1.13 bits per heavy atom. The highest BCUT2D eigenvalue weighted by molar-refractivity contribution is 5.67. The Morgan fingerprint density at radius 3 is 2.43 bits per heavy atom. The molecule has 0 heterocycles. The number of halogens is 2. The standard InChI is InChI=1S/C17H32F2N2O2/c1-5-13-7-6-8-14(10-9-13)20-11-17(18,19)12-21-15(22)23-16(2,3)4/h13-14,20H,5-12H2,1-4H3,(H,21,22). The van der Waals surface area contributed by atoms with Crippen LogP contribution in [0.1, 0.15) is 66.2 Å². The van der Waals surface area contributed by atoms with E-state index in [1.165, 1.54) is 12.8 Å². The molecule has 4 nitrogen and oxygen atoms in total. The summed E-state index contributed by atoms with van der Waals surface area (Å²) in [7, 11) is 0. The molecular formula is C17H32F2N2O2. The molecule has 0 aliphatic heterocycles. The number of carbonyl (C=O) groups is 1. The van der Waals surface area contributed by atoms with Crippen LogP contribution in [0.5, 0.6) is 0 Å². The van der Waals surface area contributed by atoms with Gasteiger partial charge in [0.1, 0.15) is 5.60 Å². The summed E-state index contributed by atoms with van der Waals surface area (Å²) in [6, 6.07) is 0.152. The van der Waals surface area contributed by atoms with Crippen molar-refractivity contribution in [3.05, 3.63) is 0 Å². The number of ether oxygens (including phenoxy) is 1. The van der Waals surface area contributed by atoms with Crippen LogP contribution in [-0.4, -0.2) is 36.7 Å². The minimum absolute atomic E-state index is 0.152. The van der Waals surface area contributed by atoms with Crippen LogP contribution >= 0.6 is 0 Å². The largest absolute Gasteiger partial charge is 0.444 e. The van der Waals surface area contributed by atoms with E-state index in [9.17, 15) is 13.6 Å². The van der Waals surface area contributed by atoms with Crippen molar-refractivity contribution < 1.29 is 18.3 Å². The monoisotopic (exact) mass is 334 g/mol. The number of nitrogens with one attached hydrogen (secondary N) is 2. The zero-order chi connectivity index (χ0) is 17.5. The maximum atomic E-state index is 13.9. The number of hydrogen-bond acceptors (Lipinski definition) is 3. The van der Waals surface area contributed by atoms with E-state index in [2.05, 4.69) is 17.6 Å². The van der Waals surface area contributed by atoms with Crippen LogP contribution in [0.25, 0.3) is 0 Å². The molecule has 1 aliphatic rings. The summed E-state index contributed by atoms with van der Waals surface area (Å²) in [5.41, 5.74) is -0.687. The van der Waals surface area contributed by atoms with Crippen LogP contribution in [0.4, 0.5) is 13.6 Å². The van der Waals surface area contributed by atoms with Gasteiger partial charge in [0.25, 0.3) is 5.92 Å². The second-order valence-electron chi connectivity index (χ2n) is 7.57. The summed E-state index contributed by atoms with van der Waals surface area (Å²) in [5, 5.41) is 5.12. The lowest BCUT2D eigenvalue weighted by Crippen LogP contribution is -2.46. The van der Waals surface area contributed by atoms with Crippen molar-refractivity contribution in [2.45, 2.75) is 83.8 Å². The van der Waals surface area contributed by atoms with Crippen LogP contribution in [0.2, 0.25) is 0 Å². The summed E-state index contributed by atoms with van der Waals surface area (Å²) in [4.78, 5) is 11.4. The van der Waals surface area contributed by atoms with Crippen molar-refractivity contribution >= 4 is 6.09 Å². The fourth-order valence-corrected chi connectivity index (χ4v) is 2.86. The highest BCUT2D eigenvalue weighted by Crippen LogP contribution is 2.26. The molecule has 136 valence electrons. The van der Waals surface area contributed by atoms with E-state index in [1.54, 1.807) is 20.8 Å². The van der Waals surface area contributed by atoms with Gasteiger partial charge in [-0.2, -0.15) is 0 Å². The molecule has 2 atom stereocenters. The van der Waals surface area contributed by atoms with Crippen LogP contribution in [0.3, 0.4) is 0 Å². The molecule has 1 saturated carbocycles. The highest BCUT2D eigenvalue weighted by atomic mass is 19.3. The van der Waals surface area contributed by atoms with Gasteiger partial charge in [-0.3, -0.25) is 0 Å². The number of carbonyl (C=O) groups excluding carboxylic acids is 1. The second kappa shape index (κ2) is 8.81. The Balaban J connectivity index is 2.30. The van der Waals surface area contributed by atoms with Gasteiger partial charge in [0, 0.05) is 6.04 Å². The number of alkyl carbamates (subject to hydrolysis) is 1. The Kier molecular flexibility index (Phi) is 7.71. The lowest BCUT2D eigenvalue weighted by atomic mass is 9.98. The summed E-state index contributed by atoms with van der Waals surface area (Å²) in [5.74, 6) is -2.25. The quantitative estimate of drug-likeness (QED) is 0.719. The van der Waals surface area contributed by atoms with Crippen LogP contribution in [0, 0.1) is 5.92 Å². The van der Waals surface area contributed by atoms with E-state index < -0.39 is 30.7 Å². The van der Waals surface area contributed by atoms with Gasteiger partial charge in [-0.1, -0.05) is 26.2 Å². The Hall–Kier alpha value is -0.910. The number of alkyl halides is 2. The number of rotatable bonds is 6. The van der Waals surface area contributed by atoms with Crippen molar-refractivity contribution in [1.82, 2.24) is 10.6 Å². The first-order chi connectivity index (χ1) is 10.6. The first-order valence-corrected chi connectivity index (χ1v) is 8.69. The van der Waals surface area contributed by atoms with Crippen LogP contribution in [-0.2, 0) is 4.74 Å². The molecule has 1 amide bonds. The Morgan fingerprint density at radius 2 is 1.83 bits per heavy atom. The molecule has 2 N–H and O–H groups in total. The maximum Gasteiger partial charge on any atom is 0.407 e. The molecule has 0 aromatic heterocycles. The Labute approximate surface area is 138 Å². The van der Waals surface area contributed by atoms with Gasteiger partial charge in [0.05, 0.1) is 13.1 Å². The molecule has 0 bridgehead atoms. The lowest BCUT2D eigenvalue weighted by molar-refractivity contribution is -0.00591. The summed E-state index contributed by atoms with van der Waals surface area (Å²) in [6.07, 6.45) is 5.67. The molecular weight excluding hydrogens is 302 g/mol. The lowest BCUT2D eigenvalue weighted by Gasteiger charge is -2.24. The topological polar surface area (TPSA) is 50.4 Å². The zero-order valence-corrected chi connectivity index (χ0v) is 14.9. The molecule has 0 spiro atoms. The van der Waals surface area contributed by atoms with Gasteiger partial charge >= 0.3 is 6.09 Å². The van der Waals surface area contributed by atoms with Crippen LogP contribution < -0.4 is 10.6 Å². The predicted molar refractivity (Wildman–Crippen MR) is 87.8 cm³/mol. The van der Waals surface area contributed by atoms with Gasteiger partial charge in [-0.05, 0) is 46.0 Å². The molecule has 23 heavy (non-hydrogen) atoms. The van der Waals surface area contributed by atoms with Gasteiger partial charge < -0.3 is 15.4 Å². The van der Waals surface area contributed by atoms with Crippen molar-refractivity contribution in [3.8, 4) is 0 Å². The summed E-state index contributed by atoms with van der Waals surface area (Å²) in [6.45, 7) is 6.16. The van der Waals surface area contributed by atoms with E-state index >= 15 is 0 Å². The van der Waals surface area contributed by atoms with Gasteiger partial charge in [-0.25, -0.2) is 13.6 Å². The third-order valence-electron chi connectivity index (χ3n) is 4.21. The van der Waals surface area contributed by atoms with Gasteiger partial charge in [0.2, 0.25) is 0 Å². The normalized spacial score (nSPS) is 23.2. The zero-order valence-electron chi connectivity index (χ0n) is 14.9. The first kappa shape index (κ1) is 20.1. The maximum absolute atomic E-state index is 13.9. The third-order valence-corrected chi connectivity index (χ3v) is 4.21.